The first-order valence-electron chi connectivity index (χ1n) is 9.94. The van der Waals surface area contributed by atoms with Crippen molar-refractivity contribution in [2.24, 2.45) is 11.0 Å². The maximum absolute atomic E-state index is 5.17. The summed E-state index contributed by atoms with van der Waals surface area (Å²) in [5, 5.41) is 7.54. The molecule has 1 fully saturated rings. The van der Waals surface area contributed by atoms with E-state index in [2.05, 4.69) is 92.1 Å². The number of hydrazone groups is 1. The standard InChI is InChI=1S/C24H28N2S/c1-4-13-26-24(21-12-8-6-10-18(21)3)22-16-27-15-20(23(22)25-26)14-19-11-7-5-9-17(19)2/h5-12,14,22,24H,4,13,15-16H2,1-3H3/b20-14-. The summed E-state index contributed by atoms with van der Waals surface area (Å²) < 4.78 is 0. The molecule has 2 aliphatic heterocycles. The number of rotatable bonds is 4. The number of nitrogens with zero attached hydrogens (tertiary/aromatic N) is 2. The molecule has 0 amide bonds. The minimum atomic E-state index is 0.370. The molecule has 3 heteroatoms. The summed E-state index contributed by atoms with van der Waals surface area (Å²) in [6.07, 6.45) is 3.49. The summed E-state index contributed by atoms with van der Waals surface area (Å²) in [7, 11) is 0. The summed E-state index contributed by atoms with van der Waals surface area (Å²) in [5.41, 5.74) is 8.18. The number of fused-ring (bicyclic) bond motifs is 1. The molecule has 0 aromatic heterocycles. The summed E-state index contributed by atoms with van der Waals surface area (Å²) in [6.45, 7) is 7.69. The van der Waals surface area contributed by atoms with E-state index in [9.17, 15) is 0 Å². The van der Waals surface area contributed by atoms with Crippen LogP contribution in [0, 0.1) is 19.8 Å². The second kappa shape index (κ2) is 7.93. The van der Waals surface area contributed by atoms with Crippen LogP contribution in [0.3, 0.4) is 0 Å². The first-order chi connectivity index (χ1) is 13.2. The third kappa shape index (κ3) is 3.58. The number of hydrogen-bond acceptors (Lipinski definition) is 3. The van der Waals surface area contributed by atoms with Gasteiger partial charge in [0.25, 0.3) is 0 Å². The van der Waals surface area contributed by atoms with E-state index in [-0.39, 0.29) is 0 Å². The van der Waals surface area contributed by atoms with Crippen LogP contribution in [0.25, 0.3) is 6.08 Å². The lowest BCUT2D eigenvalue weighted by Gasteiger charge is -2.31. The van der Waals surface area contributed by atoms with Gasteiger partial charge in [0.15, 0.2) is 0 Å². The summed E-state index contributed by atoms with van der Waals surface area (Å²) in [4.78, 5) is 0. The SMILES string of the molecule is CCCN1N=C2/C(=C\c3ccccc3C)CSCC2C1c1ccccc1C. The molecule has 2 aromatic carbocycles. The van der Waals surface area contributed by atoms with Gasteiger partial charge in [-0.25, -0.2) is 0 Å². The van der Waals surface area contributed by atoms with E-state index in [1.807, 2.05) is 0 Å². The molecule has 0 bridgehead atoms. The fraction of sp³-hybridized carbons (Fsp3) is 0.375. The highest BCUT2D eigenvalue weighted by Crippen LogP contribution is 2.44. The monoisotopic (exact) mass is 376 g/mol. The number of aryl methyl sites for hydroxylation is 2. The Labute approximate surface area is 167 Å². The van der Waals surface area contributed by atoms with Crippen LogP contribution >= 0.6 is 11.8 Å². The lowest BCUT2D eigenvalue weighted by atomic mass is 9.86. The Hall–Kier alpha value is -2.00. The Morgan fingerprint density at radius 3 is 2.56 bits per heavy atom. The molecule has 0 radical (unpaired) electrons. The Bertz CT molecular complexity index is 883. The summed E-state index contributed by atoms with van der Waals surface area (Å²) in [5.74, 6) is 2.69. The van der Waals surface area contributed by atoms with Gasteiger partial charge < -0.3 is 0 Å². The summed E-state index contributed by atoms with van der Waals surface area (Å²) >= 11 is 2.05. The first-order valence-corrected chi connectivity index (χ1v) is 11.1. The van der Waals surface area contributed by atoms with E-state index in [1.54, 1.807) is 0 Å². The minimum Gasteiger partial charge on any atom is -0.289 e. The Morgan fingerprint density at radius 1 is 1.07 bits per heavy atom. The van der Waals surface area contributed by atoms with E-state index in [1.165, 1.54) is 33.5 Å². The zero-order valence-electron chi connectivity index (χ0n) is 16.5. The van der Waals surface area contributed by atoms with Crippen LogP contribution in [0.2, 0.25) is 0 Å². The van der Waals surface area contributed by atoms with Crippen LogP contribution in [0.5, 0.6) is 0 Å². The van der Waals surface area contributed by atoms with E-state index in [4.69, 9.17) is 5.10 Å². The van der Waals surface area contributed by atoms with Gasteiger partial charge in [0.1, 0.15) is 0 Å². The largest absolute Gasteiger partial charge is 0.289 e. The van der Waals surface area contributed by atoms with Crippen molar-refractivity contribution in [3.05, 3.63) is 76.4 Å². The van der Waals surface area contributed by atoms with Crippen molar-refractivity contribution < 1.29 is 0 Å². The van der Waals surface area contributed by atoms with E-state index >= 15 is 0 Å². The fourth-order valence-corrected chi connectivity index (χ4v) is 5.40. The first kappa shape index (κ1) is 18.4. The Kier molecular flexibility index (Phi) is 5.40. The normalized spacial score (nSPS) is 23.4. The zero-order valence-corrected chi connectivity index (χ0v) is 17.3. The third-order valence-corrected chi connectivity index (χ3v) is 6.76. The van der Waals surface area contributed by atoms with Gasteiger partial charge in [-0.2, -0.15) is 16.9 Å². The molecule has 2 nitrogen and oxygen atoms in total. The van der Waals surface area contributed by atoms with E-state index < -0.39 is 0 Å². The molecule has 2 unspecified atom stereocenters. The van der Waals surface area contributed by atoms with Crippen LogP contribution < -0.4 is 0 Å². The lowest BCUT2D eigenvalue weighted by molar-refractivity contribution is 0.209. The van der Waals surface area contributed by atoms with Crippen molar-refractivity contribution in [3.63, 3.8) is 0 Å². The van der Waals surface area contributed by atoms with Crippen LogP contribution in [-0.4, -0.2) is 28.8 Å². The van der Waals surface area contributed by atoms with E-state index in [0.29, 0.717) is 12.0 Å². The van der Waals surface area contributed by atoms with E-state index in [0.717, 1.165) is 24.5 Å². The van der Waals surface area contributed by atoms with Crippen LogP contribution in [0.1, 0.15) is 41.6 Å². The molecule has 0 spiro atoms. The molecule has 2 atom stereocenters. The molecule has 1 saturated heterocycles. The predicted molar refractivity (Wildman–Crippen MR) is 118 cm³/mol. The quantitative estimate of drug-likeness (QED) is 0.663. The molecule has 2 heterocycles. The molecule has 0 N–H and O–H groups in total. The maximum atomic E-state index is 5.17. The highest BCUT2D eigenvalue weighted by Gasteiger charge is 2.41. The van der Waals surface area contributed by atoms with Crippen molar-refractivity contribution in [1.29, 1.82) is 0 Å². The molecule has 0 aliphatic carbocycles. The average Bonchev–Trinajstić information content (AvgIpc) is 3.03. The van der Waals surface area contributed by atoms with Gasteiger partial charge in [-0.3, -0.25) is 5.01 Å². The molecule has 4 rings (SSSR count). The molecule has 2 aliphatic rings. The zero-order chi connectivity index (χ0) is 18.8. The summed E-state index contributed by atoms with van der Waals surface area (Å²) in [6, 6.07) is 17.9. The van der Waals surface area contributed by atoms with Crippen LogP contribution in [0.15, 0.2) is 59.2 Å². The topological polar surface area (TPSA) is 15.6 Å². The maximum Gasteiger partial charge on any atom is 0.0814 e. The highest BCUT2D eigenvalue weighted by atomic mass is 32.2. The molecular formula is C24H28N2S. The van der Waals surface area contributed by atoms with Crippen molar-refractivity contribution in [2.75, 3.05) is 18.1 Å². The van der Waals surface area contributed by atoms with Gasteiger partial charge in [0.05, 0.1) is 11.8 Å². The lowest BCUT2D eigenvalue weighted by Crippen LogP contribution is -2.31. The number of hydrogen-bond donors (Lipinski definition) is 0. The van der Waals surface area contributed by atoms with Gasteiger partial charge in [0.2, 0.25) is 0 Å². The smallest absolute Gasteiger partial charge is 0.0814 e. The van der Waals surface area contributed by atoms with Gasteiger partial charge in [-0.1, -0.05) is 55.5 Å². The minimum absolute atomic E-state index is 0.370. The van der Waals surface area contributed by atoms with Gasteiger partial charge in [-0.15, -0.1) is 0 Å². The molecule has 2 aromatic rings. The van der Waals surface area contributed by atoms with Gasteiger partial charge in [-0.05, 0) is 54.2 Å². The fourth-order valence-electron chi connectivity index (χ4n) is 4.24. The van der Waals surface area contributed by atoms with Gasteiger partial charge in [0, 0.05) is 24.0 Å². The average molecular weight is 377 g/mol. The molecule has 27 heavy (non-hydrogen) atoms. The Morgan fingerprint density at radius 2 is 1.81 bits per heavy atom. The second-order valence-corrected chi connectivity index (χ2v) is 8.63. The van der Waals surface area contributed by atoms with Crippen molar-refractivity contribution in [3.8, 4) is 0 Å². The third-order valence-electron chi connectivity index (χ3n) is 5.65. The molecular weight excluding hydrogens is 348 g/mol. The van der Waals surface area contributed by atoms with Crippen molar-refractivity contribution >= 4 is 23.5 Å². The molecule has 0 saturated carbocycles. The molecule has 140 valence electrons. The van der Waals surface area contributed by atoms with Crippen molar-refractivity contribution in [1.82, 2.24) is 5.01 Å². The van der Waals surface area contributed by atoms with Crippen molar-refractivity contribution in [2.45, 2.75) is 33.2 Å². The number of thioether (sulfide) groups is 1. The van der Waals surface area contributed by atoms with Crippen LogP contribution in [-0.2, 0) is 0 Å². The number of benzene rings is 2. The predicted octanol–water partition coefficient (Wildman–Crippen LogP) is 5.87. The highest BCUT2D eigenvalue weighted by molar-refractivity contribution is 7.99. The Balaban J connectivity index is 1.74. The van der Waals surface area contributed by atoms with Gasteiger partial charge >= 0.3 is 0 Å². The van der Waals surface area contributed by atoms with Crippen LogP contribution in [0.4, 0.5) is 0 Å². The second-order valence-electron chi connectivity index (χ2n) is 7.60.